The summed E-state index contributed by atoms with van der Waals surface area (Å²) < 4.78 is 0.950. The number of rotatable bonds is 4. The first-order valence-corrected chi connectivity index (χ1v) is 7.40. The van der Waals surface area contributed by atoms with E-state index in [0.29, 0.717) is 0 Å². The Morgan fingerprint density at radius 2 is 1.82 bits per heavy atom. The summed E-state index contributed by atoms with van der Waals surface area (Å²) in [7, 11) is 0. The van der Waals surface area contributed by atoms with Crippen LogP contribution >= 0.6 is 27.5 Å². The third-order valence-electron chi connectivity index (χ3n) is 2.77. The van der Waals surface area contributed by atoms with Gasteiger partial charge >= 0.3 is 5.97 Å². The van der Waals surface area contributed by atoms with Crippen molar-refractivity contribution in [2.75, 3.05) is 5.32 Å². The maximum atomic E-state index is 11.9. The highest BCUT2D eigenvalue weighted by atomic mass is 79.9. The van der Waals surface area contributed by atoms with E-state index in [1.165, 1.54) is 24.3 Å². The lowest BCUT2D eigenvalue weighted by Gasteiger charge is -2.06. The largest absolute Gasteiger partial charge is 0.478 e. The zero-order chi connectivity index (χ0) is 16.1. The number of carbonyl (C=O) groups excluding carboxylic acids is 1. The summed E-state index contributed by atoms with van der Waals surface area (Å²) in [6.45, 7) is 0. The van der Waals surface area contributed by atoms with Gasteiger partial charge in [-0.05, 0) is 42.0 Å². The number of hydrogen-bond donors (Lipinski definition) is 2. The molecule has 0 fully saturated rings. The van der Waals surface area contributed by atoms with Crippen LogP contribution in [-0.4, -0.2) is 17.0 Å². The van der Waals surface area contributed by atoms with Crippen molar-refractivity contribution in [3.8, 4) is 0 Å². The van der Waals surface area contributed by atoms with Gasteiger partial charge in [-0.1, -0.05) is 39.7 Å². The van der Waals surface area contributed by atoms with Gasteiger partial charge in [-0.3, -0.25) is 4.79 Å². The van der Waals surface area contributed by atoms with E-state index in [0.717, 1.165) is 10.0 Å². The van der Waals surface area contributed by atoms with E-state index in [9.17, 15) is 9.59 Å². The molecule has 0 heterocycles. The van der Waals surface area contributed by atoms with Crippen LogP contribution in [0.4, 0.5) is 5.69 Å². The molecular formula is C16H11BrClNO3. The van der Waals surface area contributed by atoms with Gasteiger partial charge in [-0.2, -0.15) is 0 Å². The van der Waals surface area contributed by atoms with Crippen molar-refractivity contribution in [3.05, 3.63) is 69.2 Å². The Balaban J connectivity index is 2.10. The van der Waals surface area contributed by atoms with Crippen molar-refractivity contribution in [1.29, 1.82) is 0 Å². The molecule has 0 aromatic heterocycles. The summed E-state index contributed by atoms with van der Waals surface area (Å²) in [5, 5.41) is 11.8. The quantitative estimate of drug-likeness (QED) is 0.770. The van der Waals surface area contributed by atoms with Crippen LogP contribution in [0.15, 0.2) is 53.0 Å². The van der Waals surface area contributed by atoms with Crippen LogP contribution < -0.4 is 5.32 Å². The van der Waals surface area contributed by atoms with Gasteiger partial charge in [0, 0.05) is 10.5 Å². The number of aromatic carboxylic acids is 1. The first kappa shape index (κ1) is 16.3. The van der Waals surface area contributed by atoms with E-state index in [-0.39, 0.29) is 16.3 Å². The Morgan fingerprint density at radius 3 is 2.45 bits per heavy atom. The van der Waals surface area contributed by atoms with Crippen molar-refractivity contribution in [1.82, 2.24) is 0 Å². The highest BCUT2D eigenvalue weighted by Gasteiger charge is 2.08. The summed E-state index contributed by atoms with van der Waals surface area (Å²) in [6, 6.07) is 11.6. The predicted molar refractivity (Wildman–Crippen MR) is 90.2 cm³/mol. The third-order valence-corrected chi connectivity index (χ3v) is 3.63. The number of carbonyl (C=O) groups is 2. The summed E-state index contributed by atoms with van der Waals surface area (Å²) in [5.41, 5.74) is 1.17. The van der Waals surface area contributed by atoms with Crippen molar-refractivity contribution >= 4 is 51.2 Å². The number of carboxylic acid groups (broad SMARTS) is 1. The molecule has 2 rings (SSSR count). The van der Waals surface area contributed by atoms with E-state index < -0.39 is 11.9 Å². The van der Waals surface area contributed by atoms with Gasteiger partial charge < -0.3 is 10.4 Å². The normalized spacial score (nSPS) is 10.6. The highest BCUT2D eigenvalue weighted by molar-refractivity contribution is 9.10. The maximum Gasteiger partial charge on any atom is 0.335 e. The van der Waals surface area contributed by atoms with Crippen LogP contribution in [0.5, 0.6) is 0 Å². The average Bonchev–Trinajstić information content (AvgIpc) is 2.48. The molecular weight excluding hydrogens is 370 g/mol. The molecule has 6 heteroatoms. The van der Waals surface area contributed by atoms with E-state index in [1.807, 2.05) is 24.3 Å². The average molecular weight is 381 g/mol. The minimum Gasteiger partial charge on any atom is -0.478 e. The number of amides is 1. The van der Waals surface area contributed by atoms with Gasteiger partial charge in [0.25, 0.3) is 0 Å². The Morgan fingerprint density at radius 1 is 1.14 bits per heavy atom. The first-order chi connectivity index (χ1) is 10.5. The summed E-state index contributed by atoms with van der Waals surface area (Å²) in [6.07, 6.45) is 3.00. The van der Waals surface area contributed by atoms with Gasteiger partial charge in [0.1, 0.15) is 0 Å². The molecule has 0 saturated carbocycles. The van der Waals surface area contributed by atoms with Crippen LogP contribution in [0, 0.1) is 0 Å². The molecule has 0 aliphatic rings. The topological polar surface area (TPSA) is 66.4 Å². The molecule has 1 amide bonds. The van der Waals surface area contributed by atoms with Crippen LogP contribution in [0.2, 0.25) is 5.02 Å². The summed E-state index contributed by atoms with van der Waals surface area (Å²) in [5.74, 6) is -1.48. The number of anilines is 1. The Kier molecular flexibility index (Phi) is 5.35. The van der Waals surface area contributed by atoms with Gasteiger partial charge in [0.2, 0.25) is 5.91 Å². The molecule has 0 saturated heterocycles. The second-order valence-electron chi connectivity index (χ2n) is 4.37. The zero-order valence-corrected chi connectivity index (χ0v) is 13.6. The fraction of sp³-hybridized carbons (Fsp3) is 0. The minimum absolute atomic E-state index is 0.0524. The number of carboxylic acids is 1. The third kappa shape index (κ3) is 4.44. The predicted octanol–water partition coefficient (Wildman–Crippen LogP) is 4.45. The Hall–Kier alpha value is -2.11. The standard InChI is InChI=1S/C16H11BrClNO3/c17-12-5-1-10(2-6-12)3-8-15(20)19-14-9-11(16(21)22)4-7-13(14)18/h1-9H,(H,19,20)(H,21,22)/b8-3+. The molecule has 4 nitrogen and oxygen atoms in total. The molecule has 2 N–H and O–H groups in total. The fourth-order valence-electron chi connectivity index (χ4n) is 1.67. The molecule has 0 aliphatic carbocycles. The van der Waals surface area contributed by atoms with Gasteiger partial charge in [-0.25, -0.2) is 4.79 Å². The van der Waals surface area contributed by atoms with Crippen molar-refractivity contribution in [2.24, 2.45) is 0 Å². The first-order valence-electron chi connectivity index (χ1n) is 6.23. The molecule has 0 unspecified atom stereocenters. The fourth-order valence-corrected chi connectivity index (χ4v) is 2.10. The zero-order valence-electron chi connectivity index (χ0n) is 11.2. The smallest absolute Gasteiger partial charge is 0.335 e. The molecule has 112 valence electrons. The van der Waals surface area contributed by atoms with Gasteiger partial charge in [-0.15, -0.1) is 0 Å². The maximum absolute atomic E-state index is 11.9. The lowest BCUT2D eigenvalue weighted by Crippen LogP contribution is -2.09. The summed E-state index contributed by atoms with van der Waals surface area (Å²) >= 11 is 9.27. The SMILES string of the molecule is O=C(/C=C/c1ccc(Br)cc1)Nc1cc(C(=O)O)ccc1Cl. The minimum atomic E-state index is -1.09. The molecule has 0 spiro atoms. The van der Waals surface area contributed by atoms with Crippen LogP contribution in [0.25, 0.3) is 6.08 Å². The Labute approximate surface area is 140 Å². The lowest BCUT2D eigenvalue weighted by atomic mass is 10.2. The van der Waals surface area contributed by atoms with Gasteiger partial charge in [0.15, 0.2) is 0 Å². The number of halogens is 2. The van der Waals surface area contributed by atoms with Crippen LogP contribution in [-0.2, 0) is 4.79 Å². The summed E-state index contributed by atoms with van der Waals surface area (Å²) in [4.78, 5) is 22.8. The highest BCUT2D eigenvalue weighted by Crippen LogP contribution is 2.23. The van der Waals surface area contributed by atoms with E-state index in [4.69, 9.17) is 16.7 Å². The molecule has 2 aromatic rings. The molecule has 0 aliphatic heterocycles. The van der Waals surface area contributed by atoms with E-state index >= 15 is 0 Å². The van der Waals surface area contributed by atoms with Crippen molar-refractivity contribution in [3.63, 3.8) is 0 Å². The van der Waals surface area contributed by atoms with Crippen molar-refractivity contribution < 1.29 is 14.7 Å². The molecule has 0 bridgehead atoms. The van der Waals surface area contributed by atoms with Crippen LogP contribution in [0.3, 0.4) is 0 Å². The number of hydrogen-bond acceptors (Lipinski definition) is 2. The Bertz CT molecular complexity index is 742. The number of benzene rings is 2. The van der Waals surface area contributed by atoms with Crippen molar-refractivity contribution in [2.45, 2.75) is 0 Å². The molecule has 2 aromatic carbocycles. The monoisotopic (exact) mass is 379 g/mol. The van der Waals surface area contributed by atoms with Crippen LogP contribution in [0.1, 0.15) is 15.9 Å². The number of nitrogens with one attached hydrogen (secondary N) is 1. The second-order valence-corrected chi connectivity index (χ2v) is 5.70. The van der Waals surface area contributed by atoms with Gasteiger partial charge in [0.05, 0.1) is 16.3 Å². The van der Waals surface area contributed by atoms with E-state index in [2.05, 4.69) is 21.2 Å². The molecule has 22 heavy (non-hydrogen) atoms. The lowest BCUT2D eigenvalue weighted by molar-refractivity contribution is -0.111. The molecule has 0 radical (unpaired) electrons. The second kappa shape index (κ2) is 7.24. The van der Waals surface area contributed by atoms with E-state index in [1.54, 1.807) is 6.08 Å². The molecule has 0 atom stereocenters.